The third kappa shape index (κ3) is 4.31. The maximum atomic E-state index is 13.2. The fourth-order valence-corrected chi connectivity index (χ4v) is 2.81. The Morgan fingerprint density at radius 2 is 1.63 bits per heavy atom. The van der Waals surface area contributed by atoms with Crippen LogP contribution in [-0.2, 0) is 0 Å². The number of phenols is 1. The maximum Gasteiger partial charge on any atom is 0.257 e. The first-order valence-electron chi connectivity index (χ1n) is 8.18. The highest BCUT2D eigenvalue weighted by molar-refractivity contribution is 6.05. The molecule has 0 spiro atoms. The van der Waals surface area contributed by atoms with Gasteiger partial charge < -0.3 is 10.4 Å². The summed E-state index contributed by atoms with van der Waals surface area (Å²) in [5.74, 6) is -0.397. The van der Waals surface area contributed by atoms with E-state index < -0.39 is 0 Å². The summed E-state index contributed by atoms with van der Waals surface area (Å²) in [4.78, 5) is 16.7. The summed E-state index contributed by atoms with van der Waals surface area (Å²) in [6.07, 6.45) is 3.16. The summed E-state index contributed by atoms with van der Waals surface area (Å²) >= 11 is 0. The van der Waals surface area contributed by atoms with Crippen molar-refractivity contribution < 1.29 is 14.3 Å². The van der Waals surface area contributed by atoms with Gasteiger partial charge in [-0.3, -0.25) is 9.78 Å². The molecule has 4 nitrogen and oxygen atoms in total. The lowest BCUT2D eigenvalue weighted by molar-refractivity contribution is 0.102. The molecule has 1 aromatic heterocycles. The van der Waals surface area contributed by atoms with Gasteiger partial charge in [0.05, 0.1) is 5.56 Å². The second kappa shape index (κ2) is 7.99. The van der Waals surface area contributed by atoms with Gasteiger partial charge in [-0.05, 0) is 79.4 Å². The van der Waals surface area contributed by atoms with Gasteiger partial charge in [-0.1, -0.05) is 7.43 Å². The van der Waals surface area contributed by atoms with E-state index in [1.54, 1.807) is 19.2 Å². The Labute approximate surface area is 158 Å². The highest BCUT2D eigenvalue weighted by atomic mass is 19.1. The van der Waals surface area contributed by atoms with Crippen molar-refractivity contribution in [2.75, 3.05) is 5.32 Å². The van der Waals surface area contributed by atoms with Gasteiger partial charge in [-0.25, -0.2) is 4.39 Å². The lowest BCUT2D eigenvalue weighted by Gasteiger charge is -2.11. The highest BCUT2D eigenvalue weighted by Gasteiger charge is 2.11. The minimum atomic E-state index is -0.345. The van der Waals surface area contributed by atoms with Crippen LogP contribution in [0.15, 0.2) is 48.8 Å². The molecule has 140 valence electrons. The number of rotatable bonds is 3. The molecule has 0 atom stereocenters. The van der Waals surface area contributed by atoms with Crippen molar-refractivity contribution in [3.05, 3.63) is 76.9 Å². The number of amides is 1. The zero-order chi connectivity index (χ0) is 18.8. The van der Waals surface area contributed by atoms with Crippen LogP contribution >= 0.6 is 0 Å². The smallest absolute Gasteiger partial charge is 0.257 e. The summed E-state index contributed by atoms with van der Waals surface area (Å²) in [7, 11) is 0. The van der Waals surface area contributed by atoms with Gasteiger partial charge in [0.2, 0.25) is 0 Å². The van der Waals surface area contributed by atoms with Crippen LogP contribution in [0.2, 0.25) is 0 Å². The number of aromatic hydroxyl groups is 1. The first kappa shape index (κ1) is 20.1. The van der Waals surface area contributed by atoms with E-state index in [1.807, 2.05) is 26.0 Å². The average Bonchev–Trinajstić information content (AvgIpc) is 2.61. The summed E-state index contributed by atoms with van der Waals surface area (Å²) in [5.41, 5.74) is 4.77. The third-order valence-corrected chi connectivity index (χ3v) is 4.26. The van der Waals surface area contributed by atoms with Gasteiger partial charge in [0.1, 0.15) is 11.6 Å². The monoisotopic (exact) mass is 366 g/mol. The summed E-state index contributed by atoms with van der Waals surface area (Å²) < 4.78 is 13.2. The Hall–Kier alpha value is -3.21. The number of carbonyl (C=O) groups is 1. The number of pyridine rings is 1. The highest BCUT2D eigenvalue weighted by Crippen LogP contribution is 2.29. The minimum absolute atomic E-state index is 0. The second-order valence-electron chi connectivity index (χ2n) is 6.33. The first-order valence-corrected chi connectivity index (χ1v) is 8.18. The van der Waals surface area contributed by atoms with Gasteiger partial charge in [0.15, 0.2) is 0 Å². The molecule has 0 aliphatic heterocycles. The van der Waals surface area contributed by atoms with E-state index in [2.05, 4.69) is 10.3 Å². The van der Waals surface area contributed by atoms with E-state index in [0.717, 1.165) is 22.3 Å². The summed E-state index contributed by atoms with van der Waals surface area (Å²) in [5, 5.41) is 12.7. The first-order chi connectivity index (χ1) is 12.3. The Morgan fingerprint density at radius 1 is 0.963 bits per heavy atom. The Kier molecular flexibility index (Phi) is 5.95. The molecule has 3 rings (SSSR count). The van der Waals surface area contributed by atoms with Crippen LogP contribution in [0.1, 0.15) is 34.5 Å². The Bertz CT molecular complexity index is 976. The number of nitrogens with one attached hydrogen (secondary N) is 1. The number of aromatic nitrogens is 1. The normalized spacial score (nSPS) is 10.2. The molecule has 2 aromatic carbocycles. The molecule has 5 heteroatoms. The second-order valence-corrected chi connectivity index (χ2v) is 6.33. The average molecular weight is 366 g/mol. The number of aryl methyl sites for hydroxylation is 3. The molecule has 0 bridgehead atoms. The number of hydrogen-bond donors (Lipinski definition) is 2. The van der Waals surface area contributed by atoms with Gasteiger partial charge in [0.25, 0.3) is 5.91 Å². The van der Waals surface area contributed by atoms with E-state index in [9.17, 15) is 14.3 Å². The number of benzene rings is 2. The third-order valence-electron chi connectivity index (χ3n) is 4.26. The molecule has 0 aliphatic carbocycles. The summed E-state index contributed by atoms with van der Waals surface area (Å²) in [6.45, 7) is 5.38. The van der Waals surface area contributed by atoms with Crippen LogP contribution in [0.4, 0.5) is 10.1 Å². The fourth-order valence-electron chi connectivity index (χ4n) is 2.81. The molecule has 1 heterocycles. The molecule has 0 unspecified atom stereocenters. The standard InChI is InChI=1S/C21H19FN2O2.CH4/c1-12-8-18(22)4-5-19(12)24-21(26)17-9-16(10-23-11-17)15-6-13(2)20(25)14(3)7-15;/h4-11,25H,1-3H3,(H,24,26);1H4. The van der Waals surface area contributed by atoms with E-state index in [0.29, 0.717) is 16.8 Å². The zero-order valence-electron chi connectivity index (χ0n) is 14.8. The molecule has 3 aromatic rings. The molecular formula is C22H23FN2O2. The number of anilines is 1. The molecule has 0 saturated heterocycles. The molecule has 0 fully saturated rings. The predicted octanol–water partition coefficient (Wildman–Crippen LogP) is 5.41. The number of phenolic OH excluding ortho intramolecular Hbond substituents is 1. The van der Waals surface area contributed by atoms with Crippen LogP contribution in [0.5, 0.6) is 5.75 Å². The van der Waals surface area contributed by atoms with Crippen LogP contribution < -0.4 is 5.32 Å². The Morgan fingerprint density at radius 3 is 2.26 bits per heavy atom. The fraction of sp³-hybridized carbons (Fsp3) is 0.182. The van der Waals surface area contributed by atoms with Crippen LogP contribution in [-0.4, -0.2) is 16.0 Å². The van der Waals surface area contributed by atoms with Crippen LogP contribution in [0, 0.1) is 26.6 Å². The Balaban J connectivity index is 0.00000261. The molecule has 0 radical (unpaired) electrons. The van der Waals surface area contributed by atoms with Gasteiger partial charge in [-0.2, -0.15) is 0 Å². The van der Waals surface area contributed by atoms with E-state index >= 15 is 0 Å². The molecule has 0 aliphatic rings. The number of halogens is 1. The number of carbonyl (C=O) groups excluding carboxylic acids is 1. The van der Waals surface area contributed by atoms with Gasteiger partial charge in [0, 0.05) is 23.6 Å². The van der Waals surface area contributed by atoms with E-state index in [4.69, 9.17) is 0 Å². The van der Waals surface area contributed by atoms with Crippen molar-refractivity contribution in [3.63, 3.8) is 0 Å². The van der Waals surface area contributed by atoms with Crippen LogP contribution in [0.3, 0.4) is 0 Å². The molecule has 1 amide bonds. The van der Waals surface area contributed by atoms with Crippen molar-refractivity contribution in [2.24, 2.45) is 0 Å². The molecule has 27 heavy (non-hydrogen) atoms. The zero-order valence-corrected chi connectivity index (χ0v) is 14.8. The SMILES string of the molecule is C.Cc1cc(F)ccc1NC(=O)c1cncc(-c2cc(C)c(O)c(C)c2)c1. The molecule has 0 saturated carbocycles. The molecule has 2 N–H and O–H groups in total. The van der Waals surface area contributed by atoms with E-state index in [-0.39, 0.29) is 24.9 Å². The lowest BCUT2D eigenvalue weighted by atomic mass is 10.00. The van der Waals surface area contributed by atoms with Crippen molar-refractivity contribution in [2.45, 2.75) is 28.2 Å². The van der Waals surface area contributed by atoms with Crippen molar-refractivity contribution >= 4 is 11.6 Å². The predicted molar refractivity (Wildman–Crippen MR) is 107 cm³/mol. The van der Waals surface area contributed by atoms with Crippen molar-refractivity contribution in [1.29, 1.82) is 0 Å². The topological polar surface area (TPSA) is 62.2 Å². The quantitative estimate of drug-likeness (QED) is 0.652. The maximum absolute atomic E-state index is 13.2. The van der Waals surface area contributed by atoms with E-state index in [1.165, 1.54) is 24.4 Å². The number of nitrogens with zero attached hydrogens (tertiary/aromatic N) is 1. The molecular weight excluding hydrogens is 343 g/mol. The minimum Gasteiger partial charge on any atom is -0.507 e. The lowest BCUT2D eigenvalue weighted by Crippen LogP contribution is -2.13. The van der Waals surface area contributed by atoms with Crippen molar-refractivity contribution in [3.8, 4) is 16.9 Å². The largest absolute Gasteiger partial charge is 0.507 e. The summed E-state index contributed by atoms with van der Waals surface area (Å²) in [6, 6.07) is 9.65. The van der Waals surface area contributed by atoms with Crippen LogP contribution in [0.25, 0.3) is 11.1 Å². The van der Waals surface area contributed by atoms with Gasteiger partial charge in [-0.15, -0.1) is 0 Å². The number of hydrogen-bond acceptors (Lipinski definition) is 3. The van der Waals surface area contributed by atoms with Gasteiger partial charge >= 0.3 is 0 Å². The van der Waals surface area contributed by atoms with Crippen molar-refractivity contribution in [1.82, 2.24) is 4.98 Å².